The lowest BCUT2D eigenvalue weighted by Crippen LogP contribution is -2.31. The third-order valence-corrected chi connectivity index (χ3v) is 4.76. The Morgan fingerprint density at radius 1 is 1.14 bits per heavy atom. The highest BCUT2D eigenvalue weighted by molar-refractivity contribution is 5.77. The first-order valence-electron chi connectivity index (χ1n) is 9.31. The molecule has 1 aliphatic rings. The summed E-state index contributed by atoms with van der Waals surface area (Å²) in [5.41, 5.74) is 0. The number of tetrazole rings is 2. The van der Waals surface area contributed by atoms with Crippen molar-refractivity contribution in [2.45, 2.75) is 38.3 Å². The van der Waals surface area contributed by atoms with Crippen LogP contribution in [0.4, 0.5) is 0 Å². The van der Waals surface area contributed by atoms with Crippen molar-refractivity contribution >= 4 is 5.97 Å². The Labute approximate surface area is 161 Å². The van der Waals surface area contributed by atoms with Crippen molar-refractivity contribution in [3.8, 4) is 17.4 Å². The van der Waals surface area contributed by atoms with Crippen LogP contribution < -0.4 is 10.1 Å². The summed E-state index contributed by atoms with van der Waals surface area (Å²) in [5, 5.41) is 27.3. The molecular weight excluding hydrogens is 362 g/mol. The van der Waals surface area contributed by atoms with Gasteiger partial charge in [-0.3, -0.25) is 0 Å². The van der Waals surface area contributed by atoms with Gasteiger partial charge in [-0.15, -0.1) is 10.2 Å². The summed E-state index contributed by atoms with van der Waals surface area (Å²) >= 11 is 0. The molecule has 1 aliphatic heterocycles. The maximum atomic E-state index is 12.7. The molecule has 146 valence electrons. The van der Waals surface area contributed by atoms with E-state index < -0.39 is 12.0 Å². The molecular formula is C17H21N9O2. The van der Waals surface area contributed by atoms with Crippen LogP contribution in [0, 0.1) is 0 Å². The second-order valence-corrected chi connectivity index (χ2v) is 6.53. The van der Waals surface area contributed by atoms with Gasteiger partial charge in [-0.2, -0.15) is 0 Å². The second kappa shape index (κ2) is 8.21. The minimum absolute atomic E-state index is 0.160. The monoisotopic (exact) mass is 383 g/mol. The van der Waals surface area contributed by atoms with Crippen LogP contribution in [0.15, 0.2) is 30.3 Å². The number of hydrogen-bond donors (Lipinski definition) is 1. The van der Waals surface area contributed by atoms with Gasteiger partial charge in [-0.05, 0) is 65.3 Å². The summed E-state index contributed by atoms with van der Waals surface area (Å²) in [7, 11) is 0. The number of ether oxygens (including phenoxy) is 1. The molecule has 0 aliphatic carbocycles. The molecule has 0 amide bonds. The molecule has 4 rings (SSSR count). The number of para-hydroxylation sites is 1. The zero-order valence-electron chi connectivity index (χ0n) is 15.5. The summed E-state index contributed by atoms with van der Waals surface area (Å²) < 4.78 is 8.68. The molecule has 1 aromatic carbocycles. The predicted molar refractivity (Wildman–Crippen MR) is 97.2 cm³/mol. The van der Waals surface area contributed by atoms with Gasteiger partial charge in [-0.25, -0.2) is 14.2 Å². The van der Waals surface area contributed by atoms with Crippen molar-refractivity contribution in [2.75, 3.05) is 13.1 Å². The fourth-order valence-corrected chi connectivity index (χ4v) is 3.30. The van der Waals surface area contributed by atoms with Crippen molar-refractivity contribution in [1.82, 2.24) is 45.7 Å². The third kappa shape index (κ3) is 3.60. The van der Waals surface area contributed by atoms with Crippen LogP contribution in [-0.4, -0.2) is 59.5 Å². The number of carbonyl (C=O) groups excluding carboxylic acids is 1. The first kappa shape index (κ1) is 18.2. The van der Waals surface area contributed by atoms with Crippen LogP contribution >= 0.6 is 0 Å². The average molecular weight is 383 g/mol. The van der Waals surface area contributed by atoms with E-state index in [0.717, 1.165) is 25.9 Å². The van der Waals surface area contributed by atoms with E-state index in [1.165, 1.54) is 4.68 Å². The van der Waals surface area contributed by atoms with Gasteiger partial charge in [0.2, 0.25) is 11.6 Å². The van der Waals surface area contributed by atoms with Crippen molar-refractivity contribution in [3.05, 3.63) is 30.3 Å². The van der Waals surface area contributed by atoms with Crippen LogP contribution in [0.1, 0.15) is 38.3 Å². The Morgan fingerprint density at radius 3 is 2.61 bits per heavy atom. The second-order valence-electron chi connectivity index (χ2n) is 6.53. The molecule has 0 spiro atoms. The first-order chi connectivity index (χ1) is 13.8. The molecule has 0 radical (unpaired) electrons. The van der Waals surface area contributed by atoms with Gasteiger partial charge >= 0.3 is 5.97 Å². The maximum absolute atomic E-state index is 12.7. The van der Waals surface area contributed by atoms with Crippen LogP contribution in [0.5, 0.6) is 5.75 Å². The van der Waals surface area contributed by atoms with Gasteiger partial charge in [0.25, 0.3) is 0 Å². The Morgan fingerprint density at radius 2 is 1.86 bits per heavy atom. The molecule has 1 N–H and O–H groups in total. The summed E-state index contributed by atoms with van der Waals surface area (Å²) in [6.07, 6.45) is 2.28. The van der Waals surface area contributed by atoms with E-state index in [0.29, 0.717) is 23.8 Å². The largest absolute Gasteiger partial charge is 0.425 e. The molecule has 1 atom stereocenters. The fraction of sp³-hybridized carbons (Fsp3) is 0.471. The smallest absolute Gasteiger partial charge is 0.336 e. The molecule has 0 bridgehead atoms. The van der Waals surface area contributed by atoms with Gasteiger partial charge in [0, 0.05) is 0 Å². The van der Waals surface area contributed by atoms with E-state index in [2.05, 4.69) is 36.4 Å². The number of aromatic nitrogens is 8. The van der Waals surface area contributed by atoms with Crippen molar-refractivity contribution in [3.63, 3.8) is 0 Å². The van der Waals surface area contributed by atoms with Gasteiger partial charge in [0.15, 0.2) is 6.04 Å². The van der Waals surface area contributed by atoms with Gasteiger partial charge in [0.1, 0.15) is 5.75 Å². The standard InChI is InChI=1S/C17H21N9O2/c1-2-14(17(27)28-13-6-4-3-5-7-13)26-16(20-22-24-26)15-19-21-23-25(15)12-8-10-18-11-9-12/h3-7,12,14,18H,2,8-11H2,1H3. The van der Waals surface area contributed by atoms with E-state index in [1.807, 2.05) is 13.0 Å². The van der Waals surface area contributed by atoms with E-state index in [1.54, 1.807) is 28.9 Å². The Balaban J connectivity index is 1.61. The zero-order valence-corrected chi connectivity index (χ0v) is 15.5. The molecule has 0 saturated carbocycles. The van der Waals surface area contributed by atoms with E-state index in [4.69, 9.17) is 4.74 Å². The number of nitrogens with zero attached hydrogens (tertiary/aromatic N) is 8. The summed E-state index contributed by atoms with van der Waals surface area (Å²) in [6, 6.07) is 8.38. The summed E-state index contributed by atoms with van der Waals surface area (Å²) in [5.74, 6) is 0.825. The summed E-state index contributed by atoms with van der Waals surface area (Å²) in [6.45, 7) is 3.67. The van der Waals surface area contributed by atoms with Gasteiger partial charge in [-0.1, -0.05) is 25.1 Å². The van der Waals surface area contributed by atoms with Gasteiger partial charge < -0.3 is 10.1 Å². The van der Waals surface area contributed by atoms with Gasteiger partial charge in [0.05, 0.1) is 6.04 Å². The van der Waals surface area contributed by atoms with Crippen LogP contribution in [0.2, 0.25) is 0 Å². The molecule has 1 fully saturated rings. The molecule has 1 saturated heterocycles. The molecule has 11 nitrogen and oxygen atoms in total. The Bertz CT molecular complexity index is 918. The highest BCUT2D eigenvalue weighted by atomic mass is 16.5. The highest BCUT2D eigenvalue weighted by Gasteiger charge is 2.30. The zero-order chi connectivity index (χ0) is 19.3. The number of benzene rings is 1. The van der Waals surface area contributed by atoms with Crippen molar-refractivity contribution in [2.24, 2.45) is 0 Å². The third-order valence-electron chi connectivity index (χ3n) is 4.76. The average Bonchev–Trinajstić information content (AvgIpc) is 3.39. The van der Waals surface area contributed by atoms with E-state index in [9.17, 15) is 4.79 Å². The minimum Gasteiger partial charge on any atom is -0.425 e. The lowest BCUT2D eigenvalue weighted by atomic mass is 10.1. The summed E-state index contributed by atoms with van der Waals surface area (Å²) in [4.78, 5) is 12.7. The lowest BCUT2D eigenvalue weighted by molar-refractivity contribution is -0.138. The molecule has 1 unspecified atom stereocenters. The predicted octanol–water partition coefficient (Wildman–Crippen LogP) is 0.808. The molecule has 11 heteroatoms. The van der Waals surface area contributed by atoms with Crippen LogP contribution in [0.3, 0.4) is 0 Å². The van der Waals surface area contributed by atoms with Crippen LogP contribution in [0.25, 0.3) is 11.6 Å². The molecule has 3 aromatic rings. The first-order valence-corrected chi connectivity index (χ1v) is 9.31. The number of carbonyl (C=O) groups is 1. The minimum atomic E-state index is -0.691. The number of nitrogens with one attached hydrogen (secondary N) is 1. The van der Waals surface area contributed by atoms with Crippen LogP contribution in [-0.2, 0) is 4.79 Å². The quantitative estimate of drug-likeness (QED) is 0.486. The SMILES string of the molecule is CCC(C(=O)Oc1ccccc1)n1nnnc1-c1nnnn1C1CCNCC1. The lowest BCUT2D eigenvalue weighted by Gasteiger charge is -2.23. The Kier molecular flexibility index (Phi) is 5.33. The normalized spacial score (nSPS) is 16.0. The Hall–Kier alpha value is -3.21. The topological polar surface area (TPSA) is 126 Å². The van der Waals surface area contributed by atoms with Crippen molar-refractivity contribution < 1.29 is 9.53 Å². The van der Waals surface area contributed by atoms with E-state index >= 15 is 0 Å². The molecule has 3 heterocycles. The fourth-order valence-electron chi connectivity index (χ4n) is 3.30. The van der Waals surface area contributed by atoms with E-state index in [-0.39, 0.29) is 6.04 Å². The number of esters is 1. The van der Waals surface area contributed by atoms with Crippen molar-refractivity contribution in [1.29, 1.82) is 0 Å². The molecule has 28 heavy (non-hydrogen) atoms. The highest BCUT2D eigenvalue weighted by Crippen LogP contribution is 2.25. The number of rotatable bonds is 6. The number of piperidine rings is 1. The molecule has 2 aromatic heterocycles. The number of hydrogen-bond acceptors (Lipinski definition) is 9. The maximum Gasteiger partial charge on any atom is 0.336 e.